The summed E-state index contributed by atoms with van der Waals surface area (Å²) in [5, 5.41) is 20.7. The van der Waals surface area contributed by atoms with Crippen molar-refractivity contribution >= 4 is 33.6 Å². The molecule has 111 heavy (non-hydrogen) atoms. The summed E-state index contributed by atoms with van der Waals surface area (Å²) in [5.41, 5.74) is 0. The van der Waals surface area contributed by atoms with Crippen molar-refractivity contribution in [3.8, 4) is 0 Å². The van der Waals surface area contributed by atoms with Gasteiger partial charge in [-0.15, -0.1) is 0 Å². The monoisotopic (exact) mass is 1600 g/mol. The van der Waals surface area contributed by atoms with Crippen molar-refractivity contribution in [1.29, 1.82) is 0 Å². The molecule has 16 nitrogen and oxygen atoms in total. The lowest BCUT2D eigenvalue weighted by Crippen LogP contribution is -2.30. The second-order valence-electron chi connectivity index (χ2n) is 29.7. The Bertz CT molecular complexity index is 2550. The Kier molecular flexibility index (Phi) is 81.8. The van der Waals surface area contributed by atoms with Crippen LogP contribution in [0.15, 0.2) is 134 Å². The van der Waals surface area contributed by atoms with Gasteiger partial charge in [0.25, 0.3) is 0 Å². The molecule has 0 aromatic rings. The molecule has 5 unspecified atom stereocenters. The fourth-order valence-electron chi connectivity index (χ4n) is 12.1. The largest absolute Gasteiger partial charge is 0.472 e. The predicted octanol–water partition coefficient (Wildman–Crippen LogP) is 27.0. The number of aliphatic hydroxyl groups excluding tert-OH is 2. The lowest BCUT2D eigenvalue weighted by Gasteiger charge is -2.21. The van der Waals surface area contributed by atoms with Crippen LogP contribution in [0.5, 0.6) is 0 Å². The first kappa shape index (κ1) is 107. The number of rotatable bonds is 84. The molecule has 0 amide bonds. The first-order valence-corrected chi connectivity index (χ1v) is 47.5. The van der Waals surface area contributed by atoms with Gasteiger partial charge in [0.1, 0.15) is 25.4 Å². The summed E-state index contributed by atoms with van der Waals surface area (Å²) in [4.78, 5) is 58.8. The van der Waals surface area contributed by atoms with Crippen LogP contribution in [0.2, 0.25) is 0 Å². The molecule has 18 heteroatoms. The minimum absolute atomic E-state index is 0.0867. The average molecular weight is 1600 g/mol. The lowest BCUT2D eigenvalue weighted by molar-refractivity contribution is -0.161. The number of aliphatic hydroxyl groups is 2. The first-order valence-electron chi connectivity index (χ1n) is 44.5. The molecule has 0 aromatic heterocycles. The van der Waals surface area contributed by atoms with Gasteiger partial charge in [-0.3, -0.25) is 32.5 Å². The lowest BCUT2D eigenvalue weighted by atomic mass is 10.0. The number of hydrogen-bond donors (Lipinski definition) is 4. The smallest absolute Gasteiger partial charge is 0.463 e. The van der Waals surface area contributed by atoms with E-state index in [1.807, 2.05) is 0 Å². The Morgan fingerprint density at radius 2 is 0.477 bits per heavy atom. The highest BCUT2D eigenvalue weighted by atomic mass is 31.2. The van der Waals surface area contributed by atoms with Gasteiger partial charge in [0.15, 0.2) is 6.10 Å². The number of allylic oxidation sites excluding steroid dienone is 22. The summed E-state index contributed by atoms with van der Waals surface area (Å²) in [6, 6.07) is 0. The van der Waals surface area contributed by atoms with E-state index < -0.39 is 91.5 Å². The summed E-state index contributed by atoms with van der Waals surface area (Å²) < 4.78 is 61.3. The van der Waals surface area contributed by atoms with E-state index in [0.29, 0.717) is 19.3 Å². The van der Waals surface area contributed by atoms with Crippen LogP contribution in [-0.2, 0) is 55.8 Å². The fourth-order valence-corrected chi connectivity index (χ4v) is 13.7. The maximum absolute atomic E-state index is 13.0. The summed E-state index contributed by atoms with van der Waals surface area (Å²) in [6.07, 6.45) is 105. The van der Waals surface area contributed by atoms with E-state index in [9.17, 15) is 43.5 Å². The Labute approximate surface area is 677 Å². The van der Waals surface area contributed by atoms with Gasteiger partial charge in [0.05, 0.1) is 26.4 Å². The normalized spacial score (nSPS) is 14.5. The number of hydrogen-bond acceptors (Lipinski definition) is 14. The van der Waals surface area contributed by atoms with Gasteiger partial charge in [-0.05, 0) is 141 Å². The van der Waals surface area contributed by atoms with E-state index in [2.05, 4.69) is 154 Å². The predicted molar refractivity (Wildman–Crippen MR) is 463 cm³/mol. The second kappa shape index (κ2) is 85.1. The number of unbranched alkanes of at least 4 members (excludes halogenated alkanes) is 39. The number of ether oxygens (including phenoxy) is 3. The molecule has 0 saturated heterocycles. The van der Waals surface area contributed by atoms with Gasteiger partial charge in [0, 0.05) is 19.3 Å². The molecule has 0 aliphatic heterocycles. The van der Waals surface area contributed by atoms with Crippen molar-refractivity contribution in [2.75, 3.05) is 39.6 Å². The third-order valence-electron chi connectivity index (χ3n) is 18.8. The van der Waals surface area contributed by atoms with E-state index in [1.165, 1.54) is 173 Å². The topological polar surface area (TPSA) is 231 Å². The summed E-state index contributed by atoms with van der Waals surface area (Å²) in [6.45, 7) is 2.54. The third kappa shape index (κ3) is 86.4. The molecule has 0 aromatic carbocycles. The molecule has 0 aliphatic rings. The van der Waals surface area contributed by atoms with E-state index in [-0.39, 0.29) is 19.3 Å². The van der Waals surface area contributed by atoms with Crippen molar-refractivity contribution < 1.29 is 75.8 Å². The van der Waals surface area contributed by atoms with Gasteiger partial charge in [0.2, 0.25) is 0 Å². The van der Waals surface area contributed by atoms with E-state index in [1.54, 1.807) is 0 Å². The van der Waals surface area contributed by atoms with Crippen LogP contribution in [0.25, 0.3) is 0 Å². The van der Waals surface area contributed by atoms with Crippen molar-refractivity contribution in [2.24, 2.45) is 0 Å². The zero-order chi connectivity index (χ0) is 80.8. The summed E-state index contributed by atoms with van der Waals surface area (Å²) in [5.74, 6) is -1.58. The number of esters is 3. The van der Waals surface area contributed by atoms with Crippen LogP contribution < -0.4 is 0 Å². The minimum Gasteiger partial charge on any atom is -0.463 e. The Hall–Kier alpha value is -4.31. The molecule has 0 radical (unpaired) electrons. The van der Waals surface area contributed by atoms with Crippen LogP contribution in [0.3, 0.4) is 0 Å². The Balaban J connectivity index is 4.46. The molecular weight excluding hydrogens is 1430 g/mol. The molecular formula is C93H162O16P2. The molecule has 640 valence electrons. The van der Waals surface area contributed by atoms with Crippen molar-refractivity contribution in [1.82, 2.24) is 0 Å². The molecule has 0 saturated carbocycles. The van der Waals surface area contributed by atoms with Crippen LogP contribution >= 0.6 is 15.6 Å². The molecule has 0 heterocycles. The quantitative estimate of drug-likeness (QED) is 0.0146. The van der Waals surface area contributed by atoms with Crippen LogP contribution in [-0.4, -0.2) is 95.9 Å². The standard InChI is InChI=1S/C93H162O16P2/c1-4-7-10-13-16-19-22-25-28-30-32-34-36-38-40-41-42-43-44-45-47-49-50-52-54-56-59-61-64-67-70-73-76-79-91(96)103-82-88(94)83-105-110(99,100)106-84-89(95)85-107-111(101,102)108-87-90(109-93(98)81-78-75-72-69-66-63-58-27-24-21-18-15-12-9-6-3)86-104-92(97)80-77-74-71-68-65-62-60-57-55-53-51-48-46-39-37-35-33-31-29-26-23-20-17-14-11-8-5-2/h8,11,16-21,25-29,32-35,38-40,46,58,88-90,94-95H,4-7,9-10,12-15,22-24,30-31,36-37,41-45,47-57,59-87H2,1-3H3,(H,99,100)(H,101,102)/b11-8-,19-16-,20-17-,21-18-,28-25-,29-26-,34-32-,35-33-,40-38-,46-39-,58-27-. The van der Waals surface area contributed by atoms with Crippen molar-refractivity contribution in [3.63, 3.8) is 0 Å². The zero-order valence-electron chi connectivity index (χ0n) is 70.4. The second-order valence-corrected chi connectivity index (χ2v) is 32.6. The summed E-state index contributed by atoms with van der Waals surface area (Å²) >= 11 is 0. The number of phosphoric ester groups is 2. The van der Waals surface area contributed by atoms with E-state index >= 15 is 0 Å². The van der Waals surface area contributed by atoms with Crippen molar-refractivity contribution in [2.45, 2.75) is 399 Å². The minimum atomic E-state index is -4.94. The molecule has 0 rings (SSSR count). The molecule has 0 aliphatic carbocycles. The van der Waals surface area contributed by atoms with Crippen LogP contribution in [0.1, 0.15) is 380 Å². The fraction of sp³-hybridized carbons (Fsp3) is 0.731. The van der Waals surface area contributed by atoms with Gasteiger partial charge in [-0.1, -0.05) is 353 Å². The van der Waals surface area contributed by atoms with E-state index in [4.69, 9.17) is 32.3 Å². The highest BCUT2D eigenvalue weighted by Gasteiger charge is 2.29. The van der Waals surface area contributed by atoms with Crippen LogP contribution in [0.4, 0.5) is 0 Å². The molecule has 0 spiro atoms. The van der Waals surface area contributed by atoms with Crippen LogP contribution in [0, 0.1) is 0 Å². The SMILES string of the molecule is CC/C=C\C/C=C\C/C=C\C/C=C\C/C=C\CCCCCCCCCCCCCC(=O)OCC(COP(=O)(O)OCC(O)COP(=O)(O)OCC(O)COC(=O)CCCCCCCCCCCCCCCCCCC/C=C\C/C=C\C/C=C\C/C=C\CCCCC)OC(=O)CCCCCCC/C=C\C/C=C\CCCCC. The Morgan fingerprint density at radius 3 is 0.757 bits per heavy atom. The zero-order valence-corrected chi connectivity index (χ0v) is 72.1. The van der Waals surface area contributed by atoms with Gasteiger partial charge < -0.3 is 34.2 Å². The Morgan fingerprint density at radius 1 is 0.261 bits per heavy atom. The van der Waals surface area contributed by atoms with Gasteiger partial charge in [-0.25, -0.2) is 9.13 Å². The van der Waals surface area contributed by atoms with Crippen molar-refractivity contribution in [3.05, 3.63) is 134 Å². The third-order valence-corrected chi connectivity index (χ3v) is 20.7. The number of carbonyl (C=O) groups is 3. The molecule has 4 N–H and O–H groups in total. The number of carbonyl (C=O) groups excluding carboxylic acids is 3. The number of phosphoric acid groups is 2. The highest BCUT2D eigenvalue weighted by molar-refractivity contribution is 7.47. The average Bonchev–Trinajstić information content (AvgIpc) is 0.912. The molecule has 0 bridgehead atoms. The van der Waals surface area contributed by atoms with Gasteiger partial charge in [-0.2, -0.15) is 0 Å². The van der Waals surface area contributed by atoms with Gasteiger partial charge >= 0.3 is 33.6 Å². The van der Waals surface area contributed by atoms with E-state index in [0.717, 1.165) is 148 Å². The maximum Gasteiger partial charge on any atom is 0.472 e. The summed E-state index contributed by atoms with van der Waals surface area (Å²) in [7, 11) is -9.80. The molecule has 5 atom stereocenters. The molecule has 0 fully saturated rings. The maximum atomic E-state index is 13.0. The highest BCUT2D eigenvalue weighted by Crippen LogP contribution is 2.45. The first-order chi connectivity index (χ1) is 54.2.